The lowest BCUT2D eigenvalue weighted by Gasteiger charge is -2.31. The molecule has 0 spiro atoms. The van der Waals surface area contributed by atoms with Gasteiger partial charge in [0.15, 0.2) is 0 Å². The molecule has 1 N–H and O–H groups in total. The lowest BCUT2D eigenvalue weighted by Crippen LogP contribution is -2.35. The standard InChI is InChI=1S/C18H25N5O2S/c1-3-18-21-15(12-26-18)11-22-6-4-14(5-7-22)9-19-17-8-13(2)16(10-20-17)23(24)25/h8,10,12,14H,3-7,9,11H2,1-2H3,(H,19,20). The minimum Gasteiger partial charge on any atom is -0.370 e. The molecule has 7 nitrogen and oxygen atoms in total. The summed E-state index contributed by atoms with van der Waals surface area (Å²) in [6.07, 6.45) is 4.63. The molecule has 0 amide bonds. The summed E-state index contributed by atoms with van der Waals surface area (Å²) in [4.78, 5) is 21.7. The number of likely N-dealkylation sites (tertiary alicyclic amines) is 1. The van der Waals surface area contributed by atoms with E-state index in [2.05, 4.69) is 32.5 Å². The molecule has 1 fully saturated rings. The van der Waals surface area contributed by atoms with Crippen LogP contribution in [0.2, 0.25) is 0 Å². The van der Waals surface area contributed by atoms with E-state index in [1.165, 1.54) is 16.9 Å². The third-order valence-electron chi connectivity index (χ3n) is 4.85. The fourth-order valence-corrected chi connectivity index (χ4v) is 3.98. The highest BCUT2D eigenvalue weighted by Gasteiger charge is 2.20. The highest BCUT2D eigenvalue weighted by molar-refractivity contribution is 7.09. The number of nitro groups is 1. The molecular weight excluding hydrogens is 350 g/mol. The molecule has 0 radical (unpaired) electrons. The second kappa shape index (κ2) is 8.55. The van der Waals surface area contributed by atoms with Crippen molar-refractivity contribution in [2.75, 3.05) is 25.0 Å². The fourth-order valence-electron chi connectivity index (χ4n) is 3.25. The number of hydrogen-bond donors (Lipinski definition) is 1. The number of nitrogens with one attached hydrogen (secondary N) is 1. The topological polar surface area (TPSA) is 84.2 Å². The van der Waals surface area contributed by atoms with Gasteiger partial charge in [-0.3, -0.25) is 15.0 Å². The first kappa shape index (κ1) is 18.7. The van der Waals surface area contributed by atoms with Crippen LogP contribution in [0.5, 0.6) is 0 Å². The Morgan fingerprint density at radius 1 is 1.42 bits per heavy atom. The summed E-state index contributed by atoms with van der Waals surface area (Å²) >= 11 is 1.75. The van der Waals surface area contributed by atoms with Crippen LogP contribution in [0, 0.1) is 23.0 Å². The van der Waals surface area contributed by atoms with Crippen molar-refractivity contribution in [2.45, 2.75) is 39.7 Å². The van der Waals surface area contributed by atoms with Gasteiger partial charge in [-0.25, -0.2) is 9.97 Å². The Hall–Kier alpha value is -2.06. The SMILES string of the molecule is CCc1nc(CN2CCC(CNc3cc(C)c([N+](=O)[O-])cn3)CC2)cs1. The van der Waals surface area contributed by atoms with Gasteiger partial charge in [-0.05, 0) is 51.3 Å². The van der Waals surface area contributed by atoms with E-state index in [0.29, 0.717) is 17.3 Å². The molecule has 3 heterocycles. The summed E-state index contributed by atoms with van der Waals surface area (Å²) in [6, 6.07) is 1.75. The number of hydrogen-bond acceptors (Lipinski definition) is 7. The highest BCUT2D eigenvalue weighted by atomic mass is 32.1. The Labute approximate surface area is 157 Å². The van der Waals surface area contributed by atoms with Crippen LogP contribution in [0.1, 0.15) is 36.0 Å². The average molecular weight is 375 g/mol. The first-order valence-corrected chi connectivity index (χ1v) is 9.93. The molecule has 140 valence electrons. The first-order valence-electron chi connectivity index (χ1n) is 9.05. The molecule has 0 aliphatic carbocycles. The van der Waals surface area contributed by atoms with Crippen LogP contribution in [0.25, 0.3) is 0 Å². The normalized spacial score (nSPS) is 15.9. The van der Waals surface area contributed by atoms with Crippen molar-refractivity contribution >= 4 is 22.8 Å². The minimum absolute atomic E-state index is 0.0668. The number of rotatable bonds is 7. The molecule has 0 bridgehead atoms. The number of piperidine rings is 1. The molecule has 2 aromatic rings. The van der Waals surface area contributed by atoms with Crippen molar-refractivity contribution < 1.29 is 4.92 Å². The summed E-state index contributed by atoms with van der Waals surface area (Å²) in [6.45, 7) is 7.85. The van der Waals surface area contributed by atoms with E-state index in [1.54, 1.807) is 24.3 Å². The largest absolute Gasteiger partial charge is 0.370 e. The van der Waals surface area contributed by atoms with E-state index in [-0.39, 0.29) is 5.69 Å². The summed E-state index contributed by atoms with van der Waals surface area (Å²) in [5, 5.41) is 17.6. The van der Waals surface area contributed by atoms with Crippen molar-refractivity contribution in [3.63, 3.8) is 0 Å². The van der Waals surface area contributed by atoms with Gasteiger partial charge in [-0.15, -0.1) is 11.3 Å². The number of pyridine rings is 1. The second-order valence-electron chi connectivity index (χ2n) is 6.80. The maximum absolute atomic E-state index is 10.9. The first-order chi connectivity index (χ1) is 12.5. The number of aromatic nitrogens is 2. The van der Waals surface area contributed by atoms with Crippen molar-refractivity contribution in [3.05, 3.63) is 44.0 Å². The van der Waals surface area contributed by atoms with Crippen LogP contribution in [-0.4, -0.2) is 39.4 Å². The molecule has 0 aromatic carbocycles. The highest BCUT2D eigenvalue weighted by Crippen LogP contribution is 2.22. The van der Waals surface area contributed by atoms with Crippen LogP contribution in [0.4, 0.5) is 11.5 Å². The third kappa shape index (κ3) is 4.76. The van der Waals surface area contributed by atoms with Crippen molar-refractivity contribution in [1.29, 1.82) is 0 Å². The van der Waals surface area contributed by atoms with Crippen LogP contribution in [-0.2, 0) is 13.0 Å². The number of thiazole rings is 1. The van der Waals surface area contributed by atoms with Gasteiger partial charge in [0, 0.05) is 24.0 Å². The minimum atomic E-state index is -0.395. The van der Waals surface area contributed by atoms with Crippen LogP contribution >= 0.6 is 11.3 Å². The van der Waals surface area contributed by atoms with Gasteiger partial charge in [0.05, 0.1) is 15.6 Å². The molecule has 1 saturated heterocycles. The summed E-state index contributed by atoms with van der Waals surface area (Å²) in [7, 11) is 0. The Bertz CT molecular complexity index is 756. The molecule has 0 atom stereocenters. The summed E-state index contributed by atoms with van der Waals surface area (Å²) < 4.78 is 0. The quantitative estimate of drug-likeness (QED) is 0.587. The average Bonchev–Trinajstić information content (AvgIpc) is 3.08. The Morgan fingerprint density at radius 2 is 2.19 bits per heavy atom. The number of aryl methyl sites for hydroxylation is 2. The van der Waals surface area contributed by atoms with Gasteiger partial charge in [-0.1, -0.05) is 6.92 Å². The van der Waals surface area contributed by atoms with Gasteiger partial charge in [-0.2, -0.15) is 0 Å². The second-order valence-corrected chi connectivity index (χ2v) is 7.74. The van der Waals surface area contributed by atoms with Crippen molar-refractivity contribution in [3.8, 4) is 0 Å². The predicted octanol–water partition coefficient (Wildman–Crippen LogP) is 3.64. The zero-order valence-corrected chi connectivity index (χ0v) is 16.1. The van der Waals surface area contributed by atoms with E-state index >= 15 is 0 Å². The van der Waals surface area contributed by atoms with Gasteiger partial charge >= 0.3 is 0 Å². The molecule has 0 unspecified atom stereocenters. The monoisotopic (exact) mass is 375 g/mol. The third-order valence-corrected chi connectivity index (χ3v) is 5.89. The van der Waals surface area contributed by atoms with E-state index in [1.807, 2.05) is 0 Å². The molecule has 0 saturated carbocycles. The molecular formula is C18H25N5O2S. The van der Waals surface area contributed by atoms with Crippen molar-refractivity contribution in [2.24, 2.45) is 5.92 Å². The van der Waals surface area contributed by atoms with Crippen LogP contribution < -0.4 is 5.32 Å². The maximum atomic E-state index is 10.9. The van der Waals surface area contributed by atoms with Gasteiger partial charge in [0.25, 0.3) is 5.69 Å². The summed E-state index contributed by atoms with van der Waals surface area (Å²) in [5.41, 5.74) is 1.89. The number of anilines is 1. The van der Waals surface area contributed by atoms with E-state index in [0.717, 1.165) is 45.4 Å². The molecule has 26 heavy (non-hydrogen) atoms. The maximum Gasteiger partial charge on any atom is 0.290 e. The van der Waals surface area contributed by atoms with Crippen LogP contribution in [0.3, 0.4) is 0 Å². The van der Waals surface area contributed by atoms with Gasteiger partial charge < -0.3 is 5.32 Å². The molecule has 2 aromatic heterocycles. The number of nitrogens with zero attached hydrogens (tertiary/aromatic N) is 4. The fraction of sp³-hybridized carbons (Fsp3) is 0.556. The smallest absolute Gasteiger partial charge is 0.290 e. The Morgan fingerprint density at radius 3 is 2.81 bits per heavy atom. The Balaban J connectivity index is 1.44. The van der Waals surface area contributed by atoms with Crippen LogP contribution in [0.15, 0.2) is 17.6 Å². The molecule has 1 aliphatic rings. The van der Waals surface area contributed by atoms with Gasteiger partial charge in [0.2, 0.25) is 0 Å². The van der Waals surface area contributed by atoms with E-state index in [4.69, 9.17) is 0 Å². The lowest BCUT2D eigenvalue weighted by molar-refractivity contribution is -0.385. The molecule has 3 rings (SSSR count). The zero-order valence-electron chi connectivity index (χ0n) is 15.3. The molecule has 8 heteroatoms. The van der Waals surface area contributed by atoms with Gasteiger partial charge in [0.1, 0.15) is 12.0 Å². The van der Waals surface area contributed by atoms with E-state index in [9.17, 15) is 10.1 Å². The van der Waals surface area contributed by atoms with E-state index < -0.39 is 4.92 Å². The molecule has 1 aliphatic heterocycles. The predicted molar refractivity (Wildman–Crippen MR) is 104 cm³/mol. The summed E-state index contributed by atoms with van der Waals surface area (Å²) in [5.74, 6) is 1.32. The lowest BCUT2D eigenvalue weighted by atomic mass is 9.96. The zero-order chi connectivity index (χ0) is 18.5. The van der Waals surface area contributed by atoms with Crippen molar-refractivity contribution in [1.82, 2.24) is 14.9 Å². The Kier molecular flexibility index (Phi) is 6.16.